The maximum Gasteiger partial charge on any atom is 0.266 e. The van der Waals surface area contributed by atoms with E-state index in [1.807, 2.05) is 19.1 Å². The molecule has 0 aliphatic carbocycles. The number of pyridine rings is 1. The molecule has 0 spiro atoms. The predicted octanol–water partition coefficient (Wildman–Crippen LogP) is 6.59. The fourth-order valence-corrected chi connectivity index (χ4v) is 3.94. The molecule has 1 aliphatic rings. The van der Waals surface area contributed by atoms with E-state index in [9.17, 15) is 13.2 Å². The van der Waals surface area contributed by atoms with Gasteiger partial charge in [-0.3, -0.25) is 4.98 Å². The topological polar surface area (TPSA) is 37.0 Å². The normalized spacial score (nSPS) is 14.8. The van der Waals surface area contributed by atoms with Crippen molar-refractivity contribution in [3.63, 3.8) is 0 Å². The van der Waals surface area contributed by atoms with Crippen molar-refractivity contribution in [3.05, 3.63) is 76.7 Å². The van der Waals surface area contributed by atoms with Crippen LogP contribution in [0.1, 0.15) is 48.2 Å². The largest absolute Gasteiger partial charge is 0.378 e. The van der Waals surface area contributed by atoms with Gasteiger partial charge in [0.2, 0.25) is 0 Å². The Bertz CT molecular complexity index is 1110. The molecule has 31 heavy (non-hydrogen) atoms. The second kappa shape index (κ2) is 9.71. The molecule has 1 aliphatic heterocycles. The quantitative estimate of drug-likeness (QED) is 0.463. The third-order valence-corrected chi connectivity index (χ3v) is 5.50. The number of halogens is 4. The minimum atomic E-state index is -2.85. The van der Waals surface area contributed by atoms with Crippen LogP contribution in [0.5, 0.6) is 0 Å². The van der Waals surface area contributed by atoms with Gasteiger partial charge in [0.25, 0.3) is 6.43 Å². The second-order valence-corrected chi connectivity index (χ2v) is 7.64. The molecular weight excluding hydrogens is 423 g/mol. The monoisotopic (exact) mass is 447 g/mol. The van der Waals surface area contributed by atoms with E-state index in [0.29, 0.717) is 0 Å². The summed E-state index contributed by atoms with van der Waals surface area (Å²) in [5.74, 6) is -0.858. The Morgan fingerprint density at radius 2 is 1.87 bits per heavy atom. The minimum absolute atomic E-state index is 0. The number of nitrogens with zero attached hydrogens (tertiary/aromatic N) is 1. The first kappa shape index (κ1) is 23.1. The fourth-order valence-electron chi connectivity index (χ4n) is 3.94. The van der Waals surface area contributed by atoms with Crippen molar-refractivity contribution in [2.75, 3.05) is 18.4 Å². The number of rotatable bonds is 5. The molecule has 1 atom stereocenters. The molecule has 7 heteroatoms. The van der Waals surface area contributed by atoms with E-state index in [1.165, 1.54) is 11.6 Å². The lowest BCUT2D eigenvalue weighted by atomic mass is 9.97. The number of alkyl halides is 2. The van der Waals surface area contributed by atoms with Crippen molar-refractivity contribution in [1.29, 1.82) is 0 Å². The molecule has 164 valence electrons. The average Bonchev–Trinajstić information content (AvgIpc) is 2.74. The number of hydrogen-bond acceptors (Lipinski definition) is 3. The van der Waals surface area contributed by atoms with Gasteiger partial charge in [-0.05, 0) is 56.1 Å². The maximum atomic E-state index is 14.6. The first-order valence-corrected chi connectivity index (χ1v) is 10.1. The lowest BCUT2D eigenvalue weighted by molar-refractivity contribution is 0.146. The van der Waals surface area contributed by atoms with E-state index in [4.69, 9.17) is 0 Å². The van der Waals surface area contributed by atoms with Gasteiger partial charge in [0.1, 0.15) is 5.82 Å². The molecule has 0 saturated carbocycles. The highest BCUT2D eigenvalue weighted by Crippen LogP contribution is 2.33. The maximum absolute atomic E-state index is 14.6. The number of anilines is 1. The smallest absolute Gasteiger partial charge is 0.266 e. The lowest BCUT2D eigenvalue weighted by Crippen LogP contribution is -2.20. The summed E-state index contributed by atoms with van der Waals surface area (Å²) in [7, 11) is 0. The van der Waals surface area contributed by atoms with Crippen molar-refractivity contribution >= 4 is 34.6 Å². The molecule has 0 fully saturated rings. The van der Waals surface area contributed by atoms with E-state index < -0.39 is 23.8 Å². The van der Waals surface area contributed by atoms with Gasteiger partial charge in [0.15, 0.2) is 0 Å². The predicted molar refractivity (Wildman–Crippen MR) is 123 cm³/mol. The highest BCUT2D eigenvalue weighted by atomic mass is 35.5. The van der Waals surface area contributed by atoms with Crippen LogP contribution in [0.4, 0.5) is 18.9 Å². The number of hydrogen-bond donors (Lipinski definition) is 2. The summed E-state index contributed by atoms with van der Waals surface area (Å²) in [6.45, 7) is 5.46. The summed E-state index contributed by atoms with van der Waals surface area (Å²) in [6.07, 6.45) is 0.296. The molecule has 0 bridgehead atoms. The van der Waals surface area contributed by atoms with Crippen molar-refractivity contribution in [2.45, 2.75) is 32.7 Å². The number of aromatic nitrogens is 1. The van der Waals surface area contributed by atoms with E-state index in [1.54, 1.807) is 13.0 Å². The highest BCUT2D eigenvalue weighted by molar-refractivity contribution is 5.94. The van der Waals surface area contributed by atoms with E-state index >= 15 is 0 Å². The fraction of sp³-hybridized carbons (Fsp3) is 0.292. The molecule has 2 heterocycles. The molecule has 2 N–H and O–H groups in total. The SMILES string of the molecule is Cc1cc(N[C@H](C)c2cccc(C(F)F)c2F)c2cc(C3=CCNCC3)ccc2n1.Cl. The molecule has 3 aromatic rings. The molecule has 0 unspecified atom stereocenters. The molecule has 4 rings (SSSR count). The number of fused-ring (bicyclic) bond motifs is 1. The number of benzene rings is 2. The number of aryl methyl sites for hydroxylation is 1. The van der Waals surface area contributed by atoms with Crippen LogP contribution in [0.25, 0.3) is 16.5 Å². The van der Waals surface area contributed by atoms with E-state index in [2.05, 4.69) is 33.8 Å². The van der Waals surface area contributed by atoms with Crippen LogP contribution in [0.2, 0.25) is 0 Å². The Morgan fingerprint density at radius 3 is 2.58 bits per heavy atom. The van der Waals surface area contributed by atoms with Crippen LogP contribution in [-0.2, 0) is 0 Å². The van der Waals surface area contributed by atoms with Crippen LogP contribution in [0, 0.1) is 12.7 Å². The van der Waals surface area contributed by atoms with Crippen LogP contribution >= 0.6 is 12.4 Å². The minimum Gasteiger partial charge on any atom is -0.378 e. The number of nitrogens with one attached hydrogen (secondary N) is 2. The van der Waals surface area contributed by atoms with Gasteiger partial charge in [-0.15, -0.1) is 12.4 Å². The van der Waals surface area contributed by atoms with Gasteiger partial charge in [0.05, 0.1) is 17.1 Å². The summed E-state index contributed by atoms with van der Waals surface area (Å²) >= 11 is 0. The van der Waals surface area contributed by atoms with Crippen LogP contribution in [0.3, 0.4) is 0 Å². The zero-order valence-corrected chi connectivity index (χ0v) is 18.2. The summed E-state index contributed by atoms with van der Waals surface area (Å²) in [5, 5.41) is 7.56. The van der Waals surface area contributed by atoms with Crippen LogP contribution in [0.15, 0.2) is 48.5 Å². The molecule has 3 nitrogen and oxygen atoms in total. The van der Waals surface area contributed by atoms with Gasteiger partial charge in [-0.25, -0.2) is 13.2 Å². The molecular formula is C24H25ClF3N3. The molecule has 0 saturated heterocycles. The Morgan fingerprint density at radius 1 is 1.10 bits per heavy atom. The lowest BCUT2D eigenvalue weighted by Gasteiger charge is -2.20. The van der Waals surface area contributed by atoms with Crippen molar-refractivity contribution < 1.29 is 13.2 Å². The first-order valence-electron chi connectivity index (χ1n) is 10.1. The Hall–Kier alpha value is -2.57. The Kier molecular flexibility index (Phi) is 7.23. The van der Waals surface area contributed by atoms with Gasteiger partial charge in [-0.2, -0.15) is 0 Å². The van der Waals surface area contributed by atoms with Gasteiger partial charge < -0.3 is 10.6 Å². The zero-order valence-electron chi connectivity index (χ0n) is 17.4. The standard InChI is InChI=1S/C24H24F3N3.ClH/c1-14-12-22(30-15(2)18-4-3-5-19(23(18)25)24(26)27)20-13-17(6-7-21(20)29-14)16-8-10-28-11-9-16;/h3-8,12-13,15,24,28H,9-11H2,1-2H3,(H,29,30);1H/t15-;/m1./s1. The average molecular weight is 448 g/mol. The summed E-state index contributed by atoms with van der Waals surface area (Å²) in [4.78, 5) is 4.61. The zero-order chi connectivity index (χ0) is 21.3. The Labute approximate surface area is 186 Å². The second-order valence-electron chi connectivity index (χ2n) is 7.64. The van der Waals surface area contributed by atoms with Gasteiger partial charge in [-0.1, -0.05) is 30.3 Å². The molecule has 1 aromatic heterocycles. The summed E-state index contributed by atoms with van der Waals surface area (Å²) in [5.41, 5.74) is 4.53. The molecule has 0 amide bonds. The third-order valence-electron chi connectivity index (χ3n) is 5.50. The molecule has 2 aromatic carbocycles. The van der Waals surface area contributed by atoms with E-state index in [0.717, 1.165) is 53.4 Å². The van der Waals surface area contributed by atoms with Crippen molar-refractivity contribution in [3.8, 4) is 0 Å². The summed E-state index contributed by atoms with van der Waals surface area (Å²) < 4.78 is 40.8. The van der Waals surface area contributed by atoms with Crippen molar-refractivity contribution in [2.24, 2.45) is 0 Å². The van der Waals surface area contributed by atoms with Crippen LogP contribution < -0.4 is 10.6 Å². The first-order chi connectivity index (χ1) is 14.4. The third kappa shape index (κ3) is 4.86. The van der Waals surface area contributed by atoms with E-state index in [-0.39, 0.29) is 18.0 Å². The molecule has 0 radical (unpaired) electrons. The Balaban J connectivity index is 0.00000272. The van der Waals surface area contributed by atoms with Crippen LogP contribution in [-0.4, -0.2) is 18.1 Å². The van der Waals surface area contributed by atoms with Gasteiger partial charge in [0, 0.05) is 28.9 Å². The van der Waals surface area contributed by atoms with Crippen molar-refractivity contribution in [1.82, 2.24) is 10.3 Å². The van der Waals surface area contributed by atoms with Gasteiger partial charge >= 0.3 is 0 Å². The highest BCUT2D eigenvalue weighted by Gasteiger charge is 2.20. The summed E-state index contributed by atoms with van der Waals surface area (Å²) in [6, 6.07) is 11.7.